The number of ether oxygens (including phenoxy) is 1. The first-order valence-electron chi connectivity index (χ1n) is 5.22. The van der Waals surface area contributed by atoms with Crippen molar-refractivity contribution < 1.29 is 4.74 Å². The van der Waals surface area contributed by atoms with Crippen LogP contribution < -0.4 is 0 Å². The van der Waals surface area contributed by atoms with Crippen LogP contribution >= 0.6 is 50.5 Å². The molecule has 0 heterocycles. The van der Waals surface area contributed by atoms with Crippen molar-refractivity contribution in [3.63, 3.8) is 0 Å². The maximum atomic E-state index is 5.73. The van der Waals surface area contributed by atoms with Gasteiger partial charge in [-0.2, -0.15) is 50.5 Å². The minimum absolute atomic E-state index is 0.366. The summed E-state index contributed by atoms with van der Waals surface area (Å²) in [5, 5.41) is 0. The van der Waals surface area contributed by atoms with Crippen LogP contribution in [0.4, 0.5) is 0 Å². The summed E-state index contributed by atoms with van der Waals surface area (Å²) < 4.78 is 5.00. The van der Waals surface area contributed by atoms with Gasteiger partial charge in [0, 0.05) is 0 Å². The van der Waals surface area contributed by atoms with E-state index < -0.39 is 0 Å². The zero-order valence-electron chi connectivity index (χ0n) is 9.08. The summed E-state index contributed by atoms with van der Waals surface area (Å²) >= 11 is 17.5. The van der Waals surface area contributed by atoms with Crippen LogP contribution in [0.5, 0.6) is 0 Å². The third-order valence-electron chi connectivity index (χ3n) is 2.47. The number of allylic oxidation sites excluding steroid dienone is 4. The molecule has 1 nitrogen and oxygen atoms in total. The van der Waals surface area contributed by atoms with Crippen molar-refractivity contribution in [3.8, 4) is 0 Å². The normalized spacial score (nSPS) is 25.2. The van der Waals surface area contributed by atoms with E-state index in [0.29, 0.717) is 0 Å². The third-order valence-corrected chi connectivity index (χ3v) is 3.80. The monoisotopic (exact) mass is 302 g/mol. The molecule has 0 amide bonds. The highest BCUT2D eigenvalue weighted by molar-refractivity contribution is 8.01. The minimum atomic E-state index is -0.366. The summed E-state index contributed by atoms with van der Waals surface area (Å²) in [6.45, 7) is 0. The van der Waals surface area contributed by atoms with Crippen molar-refractivity contribution in [2.75, 3.05) is 0 Å². The molecule has 0 unspecified atom stereocenters. The Labute approximate surface area is 124 Å². The minimum Gasteiger partial charge on any atom is -0.458 e. The molecule has 0 saturated carbocycles. The number of thiol groups is 4. The van der Waals surface area contributed by atoms with Gasteiger partial charge in [-0.25, -0.2) is 0 Å². The fourth-order valence-electron chi connectivity index (χ4n) is 1.49. The Hall–Kier alpha value is 0.160. The summed E-state index contributed by atoms with van der Waals surface area (Å²) in [6.07, 6.45) is 13.1. The third kappa shape index (κ3) is 4.09. The van der Waals surface area contributed by atoms with Crippen LogP contribution in [0.15, 0.2) is 48.0 Å². The van der Waals surface area contributed by atoms with Gasteiger partial charge in [0.25, 0.3) is 0 Å². The summed E-state index contributed by atoms with van der Waals surface area (Å²) in [4.78, 5) is 0. The van der Waals surface area contributed by atoms with Crippen LogP contribution in [0.2, 0.25) is 0 Å². The molecular formula is C12H14OS4. The summed E-state index contributed by atoms with van der Waals surface area (Å²) in [6, 6.07) is 0. The second kappa shape index (κ2) is 5.03. The highest BCUT2D eigenvalue weighted by atomic mass is 32.2. The molecule has 0 aromatic heterocycles. The van der Waals surface area contributed by atoms with Gasteiger partial charge in [0.1, 0.15) is 11.5 Å². The van der Waals surface area contributed by atoms with Crippen molar-refractivity contribution in [2.24, 2.45) is 0 Å². The summed E-state index contributed by atoms with van der Waals surface area (Å²) in [7, 11) is 0. The molecule has 17 heavy (non-hydrogen) atoms. The number of rotatable bonds is 2. The second-order valence-corrected chi connectivity index (χ2v) is 8.04. The molecule has 0 fully saturated rings. The average Bonchev–Trinajstić information content (AvgIpc) is 2.24. The predicted molar refractivity (Wildman–Crippen MR) is 86.2 cm³/mol. The molecule has 0 aromatic carbocycles. The van der Waals surface area contributed by atoms with Gasteiger partial charge in [0.05, 0.1) is 8.16 Å². The molecule has 0 bridgehead atoms. The van der Waals surface area contributed by atoms with E-state index >= 15 is 0 Å². The maximum Gasteiger partial charge on any atom is 0.123 e. The van der Waals surface area contributed by atoms with Gasteiger partial charge in [-0.1, -0.05) is 12.2 Å². The van der Waals surface area contributed by atoms with E-state index in [2.05, 4.69) is 50.5 Å². The Morgan fingerprint density at radius 2 is 1.24 bits per heavy atom. The fourth-order valence-corrected chi connectivity index (χ4v) is 2.16. The van der Waals surface area contributed by atoms with Crippen LogP contribution in [-0.2, 0) is 4.74 Å². The lowest BCUT2D eigenvalue weighted by molar-refractivity contribution is 0.329. The van der Waals surface area contributed by atoms with Gasteiger partial charge < -0.3 is 4.74 Å². The fraction of sp³-hybridized carbons (Fsp3) is 0.333. The largest absolute Gasteiger partial charge is 0.458 e. The SMILES string of the molecule is SC1(S)C=CC(OC2=CCC(S)(S)C=C2)=CC1. The van der Waals surface area contributed by atoms with Crippen molar-refractivity contribution in [1.29, 1.82) is 0 Å². The van der Waals surface area contributed by atoms with Gasteiger partial charge in [0.2, 0.25) is 0 Å². The van der Waals surface area contributed by atoms with Crippen molar-refractivity contribution in [2.45, 2.75) is 21.0 Å². The Bertz CT molecular complexity index is 390. The van der Waals surface area contributed by atoms with Crippen LogP contribution in [0.25, 0.3) is 0 Å². The standard InChI is InChI=1S/C12H14OS4/c14-11(15)5-1-9(2-6-11)13-10-3-7-12(16,17)8-4-10/h1-5,7,14-17H,6,8H2. The lowest BCUT2D eigenvalue weighted by atomic mass is 10.1. The molecule has 0 N–H and O–H groups in total. The molecule has 0 saturated heterocycles. The van der Waals surface area contributed by atoms with Gasteiger partial charge in [-0.05, 0) is 37.1 Å². The topological polar surface area (TPSA) is 9.23 Å². The van der Waals surface area contributed by atoms with Crippen LogP contribution in [0.3, 0.4) is 0 Å². The van der Waals surface area contributed by atoms with Crippen LogP contribution in [-0.4, -0.2) is 8.16 Å². The smallest absolute Gasteiger partial charge is 0.123 e. The van der Waals surface area contributed by atoms with Crippen molar-refractivity contribution in [1.82, 2.24) is 0 Å². The van der Waals surface area contributed by atoms with E-state index in [0.717, 1.165) is 24.4 Å². The van der Waals surface area contributed by atoms with E-state index in [1.165, 1.54) is 0 Å². The summed E-state index contributed by atoms with van der Waals surface area (Å²) in [5.41, 5.74) is 0. The molecule has 0 radical (unpaired) electrons. The second-order valence-electron chi connectivity index (χ2n) is 4.15. The van der Waals surface area contributed by atoms with E-state index in [1.54, 1.807) is 0 Å². The Balaban J connectivity index is 1.97. The zero-order chi connectivity index (χ0) is 12.5. The first-order chi connectivity index (χ1) is 7.86. The van der Waals surface area contributed by atoms with E-state index in [1.807, 2.05) is 36.5 Å². The molecule has 2 rings (SSSR count). The first kappa shape index (κ1) is 13.6. The number of hydrogen-bond donors (Lipinski definition) is 4. The molecule has 5 heteroatoms. The van der Waals surface area contributed by atoms with Crippen LogP contribution in [0.1, 0.15) is 12.8 Å². The average molecular weight is 303 g/mol. The highest BCUT2D eigenvalue weighted by Gasteiger charge is 2.21. The molecule has 0 aliphatic heterocycles. The maximum absolute atomic E-state index is 5.73. The summed E-state index contributed by atoms with van der Waals surface area (Å²) in [5.74, 6) is 1.65. The Morgan fingerprint density at radius 1 is 0.824 bits per heavy atom. The van der Waals surface area contributed by atoms with E-state index in [4.69, 9.17) is 4.74 Å². The lowest BCUT2D eigenvalue weighted by Gasteiger charge is -2.23. The van der Waals surface area contributed by atoms with E-state index in [9.17, 15) is 0 Å². The molecule has 0 atom stereocenters. The van der Waals surface area contributed by atoms with Gasteiger partial charge in [-0.3, -0.25) is 0 Å². The predicted octanol–water partition coefficient (Wildman–Crippen LogP) is 3.80. The van der Waals surface area contributed by atoms with E-state index in [-0.39, 0.29) is 8.16 Å². The molecule has 2 aliphatic carbocycles. The highest BCUT2D eigenvalue weighted by Crippen LogP contribution is 2.34. The van der Waals surface area contributed by atoms with Gasteiger partial charge >= 0.3 is 0 Å². The molecule has 0 spiro atoms. The van der Waals surface area contributed by atoms with Crippen molar-refractivity contribution >= 4 is 50.5 Å². The zero-order valence-corrected chi connectivity index (χ0v) is 12.7. The van der Waals surface area contributed by atoms with Crippen molar-refractivity contribution in [3.05, 3.63) is 48.0 Å². The Morgan fingerprint density at radius 3 is 1.53 bits per heavy atom. The van der Waals surface area contributed by atoms with Gasteiger partial charge in [0.15, 0.2) is 0 Å². The molecule has 92 valence electrons. The Kier molecular flexibility index (Phi) is 4.02. The first-order valence-corrected chi connectivity index (χ1v) is 7.01. The molecule has 2 aliphatic rings. The van der Waals surface area contributed by atoms with Crippen LogP contribution in [0, 0.1) is 0 Å². The van der Waals surface area contributed by atoms with Gasteiger partial charge in [-0.15, -0.1) is 0 Å². The lowest BCUT2D eigenvalue weighted by Crippen LogP contribution is -2.13. The molecular weight excluding hydrogens is 288 g/mol. The quantitative estimate of drug-likeness (QED) is 0.448. The molecule has 0 aromatic rings. The number of hydrogen-bond acceptors (Lipinski definition) is 5.